The third-order valence-corrected chi connectivity index (χ3v) is 4.55. The molecule has 2 aromatic heterocycles. The number of aromatic nitrogens is 3. The van der Waals surface area contributed by atoms with Crippen LogP contribution in [-0.4, -0.2) is 38.6 Å². The van der Waals surface area contributed by atoms with Crippen molar-refractivity contribution in [3.8, 4) is 0 Å². The van der Waals surface area contributed by atoms with Crippen molar-refractivity contribution in [2.45, 2.75) is 51.1 Å². The molecule has 2 atom stereocenters. The van der Waals surface area contributed by atoms with Crippen molar-refractivity contribution in [2.24, 2.45) is 0 Å². The topological polar surface area (TPSA) is 34.0 Å². The van der Waals surface area contributed by atoms with E-state index in [1.165, 1.54) is 32.4 Å². The number of nitrogens with zero attached hydrogens (tertiary/aromatic N) is 4. The van der Waals surface area contributed by atoms with Crippen molar-refractivity contribution in [1.29, 1.82) is 0 Å². The molecule has 0 bridgehead atoms. The second-order valence-electron chi connectivity index (χ2n) is 5.99. The van der Waals surface area contributed by atoms with Gasteiger partial charge in [0.2, 0.25) is 0 Å². The molecule has 0 spiro atoms. The van der Waals surface area contributed by atoms with Crippen molar-refractivity contribution in [3.63, 3.8) is 0 Å². The largest absolute Gasteiger partial charge is 0.310 e. The van der Waals surface area contributed by atoms with E-state index in [0.29, 0.717) is 6.04 Å². The summed E-state index contributed by atoms with van der Waals surface area (Å²) < 4.78 is 2.20. The molecular formula is C16H23ClN4. The molecule has 2 unspecified atom stereocenters. The van der Waals surface area contributed by atoms with Crippen molar-refractivity contribution < 1.29 is 0 Å². The number of pyridine rings is 1. The van der Waals surface area contributed by atoms with E-state index < -0.39 is 0 Å². The summed E-state index contributed by atoms with van der Waals surface area (Å²) in [6, 6.07) is 4.42. The summed E-state index contributed by atoms with van der Waals surface area (Å²) in [5.41, 5.74) is 1.88. The van der Waals surface area contributed by atoms with Gasteiger partial charge in [-0.3, -0.25) is 4.90 Å². The Labute approximate surface area is 131 Å². The van der Waals surface area contributed by atoms with Gasteiger partial charge in [-0.25, -0.2) is 9.97 Å². The van der Waals surface area contributed by atoms with Gasteiger partial charge < -0.3 is 4.57 Å². The summed E-state index contributed by atoms with van der Waals surface area (Å²) in [5, 5.41) is -0.104. The molecule has 3 heterocycles. The van der Waals surface area contributed by atoms with Gasteiger partial charge >= 0.3 is 0 Å². The molecule has 1 aliphatic rings. The molecule has 4 nitrogen and oxygen atoms in total. The molecule has 0 radical (unpaired) electrons. The van der Waals surface area contributed by atoms with Gasteiger partial charge in [0.15, 0.2) is 5.65 Å². The zero-order valence-corrected chi connectivity index (χ0v) is 13.6. The third-order valence-electron chi connectivity index (χ3n) is 4.35. The number of rotatable bonds is 4. The summed E-state index contributed by atoms with van der Waals surface area (Å²) in [5.74, 6) is 0.925. The quantitative estimate of drug-likeness (QED) is 0.809. The Kier molecular flexibility index (Phi) is 4.45. The molecule has 0 saturated carbocycles. The first-order valence-corrected chi connectivity index (χ1v) is 8.29. The molecule has 5 heteroatoms. The van der Waals surface area contributed by atoms with E-state index in [-0.39, 0.29) is 5.38 Å². The average molecular weight is 307 g/mol. The Morgan fingerprint density at radius 3 is 2.71 bits per heavy atom. The average Bonchev–Trinajstić information content (AvgIpc) is 2.87. The van der Waals surface area contributed by atoms with Gasteiger partial charge in [0.1, 0.15) is 11.3 Å². The van der Waals surface area contributed by atoms with Crippen LogP contribution >= 0.6 is 11.6 Å². The molecule has 0 N–H and O–H groups in total. The van der Waals surface area contributed by atoms with E-state index in [4.69, 9.17) is 11.6 Å². The van der Waals surface area contributed by atoms with Gasteiger partial charge in [-0.2, -0.15) is 0 Å². The monoisotopic (exact) mass is 306 g/mol. The molecular weight excluding hydrogens is 284 g/mol. The lowest BCUT2D eigenvalue weighted by Gasteiger charge is -2.32. The van der Waals surface area contributed by atoms with Crippen molar-refractivity contribution in [1.82, 2.24) is 19.4 Å². The van der Waals surface area contributed by atoms with Gasteiger partial charge in [-0.1, -0.05) is 6.42 Å². The predicted octanol–water partition coefficient (Wildman–Crippen LogP) is 3.61. The van der Waals surface area contributed by atoms with Crippen LogP contribution in [0.15, 0.2) is 18.3 Å². The van der Waals surface area contributed by atoms with Crippen LogP contribution in [0.3, 0.4) is 0 Å². The minimum Gasteiger partial charge on any atom is -0.310 e. The first-order valence-electron chi connectivity index (χ1n) is 7.86. The molecule has 21 heavy (non-hydrogen) atoms. The molecule has 2 aromatic rings. The third kappa shape index (κ3) is 3.06. The smallest absolute Gasteiger partial charge is 0.160 e. The number of imidazole rings is 1. The van der Waals surface area contributed by atoms with Gasteiger partial charge in [-0.15, -0.1) is 11.6 Å². The minimum atomic E-state index is -0.104. The van der Waals surface area contributed by atoms with E-state index in [1.807, 2.05) is 25.3 Å². The standard InChI is InChI=1S/C16H23ClN4/c1-12(20-9-4-3-5-10-20)11-21-15(13(2)17)19-14-7-6-8-18-16(14)21/h6-8,12-13H,3-5,9-11H2,1-2H3. The summed E-state index contributed by atoms with van der Waals surface area (Å²) in [6.45, 7) is 7.58. The van der Waals surface area contributed by atoms with Crippen LogP contribution in [0, 0.1) is 0 Å². The molecule has 1 saturated heterocycles. The number of halogens is 1. The van der Waals surface area contributed by atoms with Crippen LogP contribution in [0.25, 0.3) is 11.2 Å². The van der Waals surface area contributed by atoms with E-state index in [2.05, 4.69) is 26.4 Å². The van der Waals surface area contributed by atoms with Gasteiger partial charge in [0, 0.05) is 18.8 Å². The Morgan fingerprint density at radius 2 is 2.00 bits per heavy atom. The number of hydrogen-bond donors (Lipinski definition) is 0. The number of piperidine rings is 1. The highest BCUT2D eigenvalue weighted by atomic mass is 35.5. The number of alkyl halides is 1. The van der Waals surface area contributed by atoms with E-state index in [1.54, 1.807) is 0 Å². The lowest BCUT2D eigenvalue weighted by Crippen LogP contribution is -2.40. The number of fused-ring (bicyclic) bond motifs is 1. The molecule has 1 aliphatic heterocycles. The normalized spacial score (nSPS) is 19.8. The first kappa shape index (κ1) is 14.8. The molecule has 0 aliphatic carbocycles. The van der Waals surface area contributed by atoms with Crippen LogP contribution in [0.1, 0.15) is 44.3 Å². The number of likely N-dealkylation sites (tertiary alicyclic amines) is 1. The van der Waals surface area contributed by atoms with E-state index in [0.717, 1.165) is 23.5 Å². The lowest BCUT2D eigenvalue weighted by molar-refractivity contribution is 0.160. The summed E-state index contributed by atoms with van der Waals surface area (Å²) in [4.78, 5) is 11.7. The fourth-order valence-corrected chi connectivity index (χ4v) is 3.37. The predicted molar refractivity (Wildman–Crippen MR) is 86.7 cm³/mol. The Balaban J connectivity index is 1.89. The van der Waals surface area contributed by atoms with Crippen LogP contribution < -0.4 is 0 Å². The van der Waals surface area contributed by atoms with Gasteiger partial charge in [0.05, 0.1) is 5.38 Å². The van der Waals surface area contributed by atoms with E-state index >= 15 is 0 Å². The molecule has 0 aromatic carbocycles. The summed E-state index contributed by atoms with van der Waals surface area (Å²) in [7, 11) is 0. The van der Waals surface area contributed by atoms with Crippen LogP contribution in [0.5, 0.6) is 0 Å². The molecule has 0 amide bonds. The maximum Gasteiger partial charge on any atom is 0.160 e. The van der Waals surface area contributed by atoms with Crippen LogP contribution in [-0.2, 0) is 6.54 Å². The maximum atomic E-state index is 6.32. The SMILES string of the molecule is CC(Cl)c1nc2cccnc2n1CC(C)N1CCCCC1. The highest BCUT2D eigenvalue weighted by Crippen LogP contribution is 2.24. The lowest BCUT2D eigenvalue weighted by atomic mass is 10.1. The first-order chi connectivity index (χ1) is 10.2. The van der Waals surface area contributed by atoms with Crippen LogP contribution in [0.4, 0.5) is 0 Å². The number of hydrogen-bond acceptors (Lipinski definition) is 3. The Hall–Kier alpha value is -1.13. The zero-order chi connectivity index (χ0) is 14.8. The molecule has 1 fully saturated rings. The zero-order valence-electron chi connectivity index (χ0n) is 12.8. The van der Waals surface area contributed by atoms with Gasteiger partial charge in [0.25, 0.3) is 0 Å². The van der Waals surface area contributed by atoms with Gasteiger partial charge in [-0.05, 0) is 51.9 Å². The highest BCUT2D eigenvalue weighted by molar-refractivity contribution is 6.20. The summed E-state index contributed by atoms with van der Waals surface area (Å²) in [6.07, 6.45) is 5.82. The van der Waals surface area contributed by atoms with E-state index in [9.17, 15) is 0 Å². The molecule has 114 valence electrons. The minimum absolute atomic E-state index is 0.104. The highest BCUT2D eigenvalue weighted by Gasteiger charge is 2.21. The van der Waals surface area contributed by atoms with Crippen LogP contribution in [0.2, 0.25) is 0 Å². The Morgan fingerprint density at radius 1 is 1.24 bits per heavy atom. The summed E-state index contributed by atoms with van der Waals surface area (Å²) >= 11 is 6.32. The van der Waals surface area contributed by atoms with Crippen molar-refractivity contribution in [3.05, 3.63) is 24.2 Å². The fourth-order valence-electron chi connectivity index (χ4n) is 3.20. The fraction of sp³-hybridized carbons (Fsp3) is 0.625. The van der Waals surface area contributed by atoms with Crippen molar-refractivity contribution >= 4 is 22.8 Å². The Bertz CT molecular complexity index is 601. The molecule has 3 rings (SSSR count). The second-order valence-corrected chi connectivity index (χ2v) is 6.64. The second kappa shape index (κ2) is 6.32. The van der Waals surface area contributed by atoms with Crippen molar-refractivity contribution in [2.75, 3.05) is 13.1 Å². The maximum absolute atomic E-state index is 6.32.